The summed E-state index contributed by atoms with van der Waals surface area (Å²) < 4.78 is 0. The van der Waals surface area contributed by atoms with Gasteiger partial charge in [0.05, 0.1) is 0 Å². The van der Waals surface area contributed by atoms with Crippen LogP contribution in [0, 0.1) is 0 Å². The predicted molar refractivity (Wildman–Crippen MR) is 72.6 cm³/mol. The molecule has 0 radical (unpaired) electrons. The second-order valence-electron chi connectivity index (χ2n) is 3.77. The van der Waals surface area contributed by atoms with Gasteiger partial charge >= 0.3 is 5.97 Å². The van der Waals surface area contributed by atoms with Gasteiger partial charge in [0.15, 0.2) is 0 Å². The van der Waals surface area contributed by atoms with Crippen molar-refractivity contribution in [3.05, 3.63) is 76.8 Å². The third-order valence-electron chi connectivity index (χ3n) is 2.51. The standard InChI is InChI=1S/C15H11ClO2/c16-13-8-6-12(7-9-13)14(10-15(17)18)11-4-2-1-3-5-11/h1-10H,(H,17,18). The lowest BCUT2D eigenvalue weighted by Crippen LogP contribution is -1.94. The lowest BCUT2D eigenvalue weighted by molar-refractivity contribution is -0.131. The van der Waals surface area contributed by atoms with Gasteiger partial charge in [0.25, 0.3) is 0 Å². The van der Waals surface area contributed by atoms with Crippen molar-refractivity contribution in [2.45, 2.75) is 0 Å². The Labute approximate surface area is 110 Å². The van der Waals surface area contributed by atoms with Gasteiger partial charge in [-0.1, -0.05) is 54.1 Å². The first-order valence-electron chi connectivity index (χ1n) is 5.43. The van der Waals surface area contributed by atoms with E-state index in [4.69, 9.17) is 16.7 Å². The lowest BCUT2D eigenvalue weighted by Gasteiger charge is -2.07. The first-order chi connectivity index (χ1) is 8.66. The van der Waals surface area contributed by atoms with Crippen molar-refractivity contribution in [3.8, 4) is 0 Å². The zero-order chi connectivity index (χ0) is 13.0. The number of halogens is 1. The number of carboxylic acid groups (broad SMARTS) is 1. The number of aliphatic carboxylic acids is 1. The summed E-state index contributed by atoms with van der Waals surface area (Å²) in [5, 5.41) is 9.59. The molecule has 0 amide bonds. The molecule has 90 valence electrons. The molecule has 0 saturated carbocycles. The van der Waals surface area contributed by atoms with Crippen molar-refractivity contribution in [2.24, 2.45) is 0 Å². The highest BCUT2D eigenvalue weighted by Gasteiger charge is 2.06. The minimum absolute atomic E-state index is 0.626. The Morgan fingerprint density at radius 2 is 1.50 bits per heavy atom. The number of carbonyl (C=O) groups is 1. The van der Waals surface area contributed by atoms with E-state index < -0.39 is 5.97 Å². The van der Waals surface area contributed by atoms with Crippen LogP contribution in [0.3, 0.4) is 0 Å². The highest BCUT2D eigenvalue weighted by atomic mass is 35.5. The van der Waals surface area contributed by atoms with Crippen molar-refractivity contribution in [2.75, 3.05) is 0 Å². The Kier molecular flexibility index (Phi) is 3.80. The van der Waals surface area contributed by atoms with Gasteiger partial charge in [-0.05, 0) is 28.8 Å². The molecule has 2 aromatic rings. The second kappa shape index (κ2) is 5.52. The maximum Gasteiger partial charge on any atom is 0.328 e. The monoisotopic (exact) mass is 258 g/mol. The number of benzene rings is 2. The van der Waals surface area contributed by atoms with Crippen LogP contribution in [-0.2, 0) is 4.79 Å². The van der Waals surface area contributed by atoms with Crippen LogP contribution in [0.5, 0.6) is 0 Å². The van der Waals surface area contributed by atoms with Gasteiger partial charge in [-0.15, -0.1) is 0 Å². The lowest BCUT2D eigenvalue weighted by atomic mass is 9.98. The zero-order valence-electron chi connectivity index (χ0n) is 9.51. The second-order valence-corrected chi connectivity index (χ2v) is 4.21. The summed E-state index contributed by atoms with van der Waals surface area (Å²) in [6, 6.07) is 16.5. The van der Waals surface area contributed by atoms with Crippen molar-refractivity contribution in [3.63, 3.8) is 0 Å². The molecule has 0 aliphatic heterocycles. The largest absolute Gasteiger partial charge is 0.478 e. The minimum Gasteiger partial charge on any atom is -0.478 e. The molecular formula is C15H11ClO2. The summed E-state index contributed by atoms with van der Waals surface area (Å²) in [5.74, 6) is -0.969. The Morgan fingerprint density at radius 3 is 2.06 bits per heavy atom. The Bertz CT molecular complexity index is 571. The number of hydrogen-bond donors (Lipinski definition) is 1. The molecule has 0 aliphatic rings. The fourth-order valence-corrected chi connectivity index (χ4v) is 1.83. The van der Waals surface area contributed by atoms with Crippen LogP contribution in [0.4, 0.5) is 0 Å². The summed E-state index contributed by atoms with van der Waals surface area (Å²) in [7, 11) is 0. The highest BCUT2D eigenvalue weighted by molar-refractivity contribution is 6.30. The van der Waals surface area contributed by atoms with E-state index in [9.17, 15) is 4.79 Å². The van der Waals surface area contributed by atoms with Gasteiger partial charge in [0.1, 0.15) is 0 Å². The average molecular weight is 259 g/mol. The minimum atomic E-state index is -0.969. The summed E-state index contributed by atoms with van der Waals surface area (Å²) in [6.45, 7) is 0. The van der Waals surface area contributed by atoms with Crippen LogP contribution in [0.1, 0.15) is 11.1 Å². The van der Waals surface area contributed by atoms with Gasteiger partial charge in [0, 0.05) is 11.1 Å². The van der Waals surface area contributed by atoms with Crippen molar-refractivity contribution < 1.29 is 9.90 Å². The summed E-state index contributed by atoms with van der Waals surface area (Å²) in [5.41, 5.74) is 2.36. The third kappa shape index (κ3) is 2.99. The van der Waals surface area contributed by atoms with E-state index in [0.29, 0.717) is 10.6 Å². The number of hydrogen-bond acceptors (Lipinski definition) is 1. The fourth-order valence-electron chi connectivity index (χ4n) is 1.70. The van der Waals surface area contributed by atoms with Gasteiger partial charge < -0.3 is 5.11 Å². The van der Waals surface area contributed by atoms with E-state index in [1.807, 2.05) is 42.5 Å². The van der Waals surface area contributed by atoms with Crippen molar-refractivity contribution in [1.29, 1.82) is 0 Å². The molecule has 0 unspecified atom stereocenters. The molecule has 0 saturated heterocycles. The summed E-state index contributed by atoms with van der Waals surface area (Å²) in [6.07, 6.45) is 1.21. The van der Waals surface area contributed by atoms with E-state index >= 15 is 0 Å². The van der Waals surface area contributed by atoms with Crippen LogP contribution in [0.2, 0.25) is 5.02 Å². The van der Waals surface area contributed by atoms with Gasteiger partial charge in [-0.3, -0.25) is 0 Å². The molecule has 0 bridgehead atoms. The Hall–Kier alpha value is -2.06. The van der Waals surface area contributed by atoms with Crippen molar-refractivity contribution in [1.82, 2.24) is 0 Å². The SMILES string of the molecule is O=C(O)C=C(c1ccccc1)c1ccc(Cl)cc1. The molecule has 2 rings (SSSR count). The third-order valence-corrected chi connectivity index (χ3v) is 2.76. The molecule has 0 aliphatic carbocycles. The van der Waals surface area contributed by atoms with Crippen LogP contribution >= 0.6 is 11.6 Å². The Balaban J connectivity index is 2.51. The molecule has 2 aromatic carbocycles. The molecule has 0 atom stereocenters. The van der Waals surface area contributed by atoms with Crippen LogP contribution < -0.4 is 0 Å². The molecule has 0 spiro atoms. The van der Waals surface area contributed by atoms with E-state index in [-0.39, 0.29) is 0 Å². The molecule has 0 aromatic heterocycles. The molecule has 1 N–H and O–H groups in total. The normalized spacial score (nSPS) is 11.3. The van der Waals surface area contributed by atoms with Crippen LogP contribution in [0.25, 0.3) is 5.57 Å². The van der Waals surface area contributed by atoms with E-state index in [1.54, 1.807) is 12.1 Å². The topological polar surface area (TPSA) is 37.3 Å². The summed E-state index contributed by atoms with van der Waals surface area (Å²) in [4.78, 5) is 10.9. The quantitative estimate of drug-likeness (QED) is 0.849. The molecular weight excluding hydrogens is 248 g/mol. The molecule has 18 heavy (non-hydrogen) atoms. The van der Waals surface area contributed by atoms with Gasteiger partial charge in [-0.25, -0.2) is 4.79 Å². The molecule has 2 nitrogen and oxygen atoms in total. The number of rotatable bonds is 3. The number of carboxylic acids is 1. The zero-order valence-corrected chi connectivity index (χ0v) is 10.3. The van der Waals surface area contributed by atoms with Gasteiger partial charge in [-0.2, -0.15) is 0 Å². The maximum atomic E-state index is 10.9. The first-order valence-corrected chi connectivity index (χ1v) is 5.80. The predicted octanol–water partition coefficient (Wildman–Crippen LogP) is 3.86. The van der Waals surface area contributed by atoms with E-state index in [0.717, 1.165) is 11.1 Å². The summed E-state index contributed by atoms with van der Waals surface area (Å²) >= 11 is 5.83. The first kappa shape index (κ1) is 12.4. The molecule has 0 heterocycles. The smallest absolute Gasteiger partial charge is 0.328 e. The maximum absolute atomic E-state index is 10.9. The van der Waals surface area contributed by atoms with E-state index in [2.05, 4.69) is 0 Å². The Morgan fingerprint density at radius 1 is 0.944 bits per heavy atom. The molecule has 0 fully saturated rings. The fraction of sp³-hybridized carbons (Fsp3) is 0. The highest BCUT2D eigenvalue weighted by Crippen LogP contribution is 2.24. The van der Waals surface area contributed by atoms with Crippen LogP contribution in [-0.4, -0.2) is 11.1 Å². The van der Waals surface area contributed by atoms with E-state index in [1.165, 1.54) is 6.08 Å². The van der Waals surface area contributed by atoms with Gasteiger partial charge in [0.2, 0.25) is 0 Å². The average Bonchev–Trinajstić information content (AvgIpc) is 2.38. The van der Waals surface area contributed by atoms with Crippen molar-refractivity contribution >= 4 is 23.1 Å². The van der Waals surface area contributed by atoms with Crippen LogP contribution in [0.15, 0.2) is 60.7 Å². The molecule has 3 heteroatoms.